The first-order chi connectivity index (χ1) is 7.84. The van der Waals surface area contributed by atoms with Crippen LogP contribution in [-0.2, 0) is 4.79 Å². The van der Waals surface area contributed by atoms with Gasteiger partial charge < -0.3 is 10.6 Å². The maximum atomic E-state index is 11.7. The molecule has 3 fully saturated rings. The Hall–Kier alpha value is -0.610. The third-order valence-corrected chi connectivity index (χ3v) is 4.31. The minimum absolute atomic E-state index is 0.0688. The quantitative estimate of drug-likeness (QED) is 0.697. The lowest BCUT2D eigenvalue weighted by molar-refractivity contribution is -0.124. The summed E-state index contributed by atoms with van der Waals surface area (Å²) in [5.41, 5.74) is 0. The number of carbonyl (C=O) groups excluding carboxylic acids is 1. The summed E-state index contributed by atoms with van der Waals surface area (Å²) in [5.74, 6) is 0.211. The van der Waals surface area contributed by atoms with E-state index in [0.717, 1.165) is 19.4 Å². The largest absolute Gasteiger partial charge is 0.355 e. The summed E-state index contributed by atoms with van der Waals surface area (Å²) in [6, 6.07) is 1.32. The standard InChI is InChI=1S/C12H21N3O/c16-12-10(3-1-6-13-12)14-9-5-8-15-7-2-4-11(9)15/h9-11,14H,1-8H2,(H,13,16). The maximum absolute atomic E-state index is 11.7. The number of piperidine rings is 1. The van der Waals surface area contributed by atoms with E-state index in [1.54, 1.807) is 0 Å². The molecular formula is C12H21N3O. The molecule has 0 saturated carbocycles. The fourth-order valence-corrected chi connectivity index (χ4v) is 3.47. The summed E-state index contributed by atoms with van der Waals surface area (Å²) >= 11 is 0. The molecule has 2 N–H and O–H groups in total. The van der Waals surface area contributed by atoms with Crippen LogP contribution in [0.25, 0.3) is 0 Å². The summed E-state index contributed by atoms with van der Waals surface area (Å²) in [6.07, 6.45) is 5.99. The van der Waals surface area contributed by atoms with Crippen molar-refractivity contribution in [2.45, 2.75) is 50.2 Å². The Labute approximate surface area is 96.8 Å². The Bertz CT molecular complexity index is 281. The molecule has 0 aromatic carbocycles. The summed E-state index contributed by atoms with van der Waals surface area (Å²) in [4.78, 5) is 14.3. The van der Waals surface area contributed by atoms with E-state index in [1.807, 2.05) is 0 Å². The number of carbonyl (C=O) groups is 1. The van der Waals surface area contributed by atoms with E-state index < -0.39 is 0 Å². The molecule has 3 aliphatic rings. The third-order valence-electron chi connectivity index (χ3n) is 4.31. The normalized spacial score (nSPS) is 39.8. The molecule has 0 aromatic rings. The molecule has 3 rings (SSSR count). The van der Waals surface area contributed by atoms with Crippen molar-refractivity contribution in [1.82, 2.24) is 15.5 Å². The molecule has 0 aromatic heterocycles. The smallest absolute Gasteiger partial charge is 0.237 e. The highest BCUT2D eigenvalue weighted by atomic mass is 16.2. The van der Waals surface area contributed by atoms with E-state index in [9.17, 15) is 4.79 Å². The van der Waals surface area contributed by atoms with Gasteiger partial charge in [-0.25, -0.2) is 0 Å². The van der Waals surface area contributed by atoms with E-state index in [2.05, 4.69) is 15.5 Å². The molecule has 3 atom stereocenters. The van der Waals surface area contributed by atoms with Gasteiger partial charge in [0, 0.05) is 25.2 Å². The van der Waals surface area contributed by atoms with Crippen molar-refractivity contribution >= 4 is 5.91 Å². The van der Waals surface area contributed by atoms with E-state index in [0.29, 0.717) is 12.1 Å². The minimum atomic E-state index is 0.0688. The topological polar surface area (TPSA) is 44.4 Å². The number of rotatable bonds is 2. The average molecular weight is 223 g/mol. The zero-order valence-electron chi connectivity index (χ0n) is 9.74. The number of nitrogens with zero attached hydrogens (tertiary/aromatic N) is 1. The van der Waals surface area contributed by atoms with Crippen LogP contribution in [0, 0.1) is 0 Å². The molecule has 4 heteroatoms. The van der Waals surface area contributed by atoms with Gasteiger partial charge in [-0.05, 0) is 38.6 Å². The van der Waals surface area contributed by atoms with Crippen LogP contribution in [0.4, 0.5) is 0 Å². The number of amides is 1. The molecule has 0 bridgehead atoms. The predicted molar refractivity (Wildman–Crippen MR) is 62.2 cm³/mol. The molecule has 4 nitrogen and oxygen atoms in total. The lowest BCUT2D eigenvalue weighted by atomic mass is 10.0. The van der Waals surface area contributed by atoms with Gasteiger partial charge in [0.05, 0.1) is 6.04 Å². The molecule has 0 spiro atoms. The number of hydrogen-bond donors (Lipinski definition) is 2. The van der Waals surface area contributed by atoms with Crippen molar-refractivity contribution in [3.8, 4) is 0 Å². The van der Waals surface area contributed by atoms with Crippen molar-refractivity contribution in [2.75, 3.05) is 19.6 Å². The highest BCUT2D eigenvalue weighted by Crippen LogP contribution is 2.28. The van der Waals surface area contributed by atoms with E-state index >= 15 is 0 Å². The molecular weight excluding hydrogens is 202 g/mol. The molecule has 3 saturated heterocycles. The zero-order valence-corrected chi connectivity index (χ0v) is 9.74. The summed E-state index contributed by atoms with van der Waals surface area (Å²) in [6.45, 7) is 3.34. The number of hydrogen-bond acceptors (Lipinski definition) is 3. The Morgan fingerprint density at radius 2 is 2.12 bits per heavy atom. The van der Waals surface area contributed by atoms with Crippen LogP contribution in [-0.4, -0.2) is 48.6 Å². The van der Waals surface area contributed by atoms with Crippen LogP contribution >= 0.6 is 0 Å². The highest BCUT2D eigenvalue weighted by Gasteiger charge is 2.38. The van der Waals surface area contributed by atoms with Crippen LogP contribution < -0.4 is 10.6 Å². The van der Waals surface area contributed by atoms with Crippen LogP contribution in [0.5, 0.6) is 0 Å². The molecule has 90 valence electrons. The molecule has 3 heterocycles. The Balaban J connectivity index is 1.59. The Kier molecular flexibility index (Phi) is 2.86. The fraction of sp³-hybridized carbons (Fsp3) is 0.917. The summed E-state index contributed by atoms with van der Waals surface area (Å²) < 4.78 is 0. The summed E-state index contributed by atoms with van der Waals surface area (Å²) in [5, 5.41) is 6.54. The zero-order chi connectivity index (χ0) is 11.0. The lowest BCUT2D eigenvalue weighted by Crippen LogP contribution is -2.53. The Morgan fingerprint density at radius 3 is 3.00 bits per heavy atom. The molecule has 3 unspecified atom stereocenters. The fourth-order valence-electron chi connectivity index (χ4n) is 3.47. The van der Waals surface area contributed by atoms with Crippen molar-refractivity contribution in [2.24, 2.45) is 0 Å². The van der Waals surface area contributed by atoms with Crippen LogP contribution in [0.2, 0.25) is 0 Å². The first-order valence-electron chi connectivity index (χ1n) is 6.62. The number of nitrogens with one attached hydrogen (secondary N) is 2. The highest BCUT2D eigenvalue weighted by molar-refractivity contribution is 5.82. The maximum Gasteiger partial charge on any atom is 0.237 e. The predicted octanol–water partition coefficient (Wildman–Crippen LogP) is 0.0913. The second-order valence-electron chi connectivity index (χ2n) is 5.29. The molecule has 1 amide bonds. The van der Waals surface area contributed by atoms with E-state index in [1.165, 1.54) is 32.4 Å². The second kappa shape index (κ2) is 4.34. The van der Waals surface area contributed by atoms with Gasteiger partial charge in [0.2, 0.25) is 5.91 Å². The minimum Gasteiger partial charge on any atom is -0.355 e. The summed E-state index contributed by atoms with van der Waals surface area (Å²) in [7, 11) is 0. The third kappa shape index (κ3) is 1.84. The lowest BCUT2D eigenvalue weighted by Gasteiger charge is -2.29. The molecule has 0 aliphatic carbocycles. The van der Waals surface area contributed by atoms with E-state index in [4.69, 9.17) is 0 Å². The van der Waals surface area contributed by atoms with Gasteiger partial charge in [-0.1, -0.05) is 0 Å². The van der Waals surface area contributed by atoms with Gasteiger partial charge >= 0.3 is 0 Å². The van der Waals surface area contributed by atoms with Crippen molar-refractivity contribution in [1.29, 1.82) is 0 Å². The first-order valence-corrected chi connectivity index (χ1v) is 6.62. The molecule has 3 aliphatic heterocycles. The second-order valence-corrected chi connectivity index (χ2v) is 5.29. The first kappa shape index (κ1) is 10.5. The van der Waals surface area contributed by atoms with Gasteiger partial charge in [-0.2, -0.15) is 0 Å². The van der Waals surface area contributed by atoms with Crippen LogP contribution in [0.3, 0.4) is 0 Å². The molecule has 16 heavy (non-hydrogen) atoms. The molecule has 0 radical (unpaired) electrons. The van der Waals surface area contributed by atoms with Gasteiger partial charge in [0.1, 0.15) is 0 Å². The van der Waals surface area contributed by atoms with Crippen molar-refractivity contribution in [3.63, 3.8) is 0 Å². The van der Waals surface area contributed by atoms with Gasteiger partial charge in [0.15, 0.2) is 0 Å². The van der Waals surface area contributed by atoms with Crippen molar-refractivity contribution in [3.05, 3.63) is 0 Å². The van der Waals surface area contributed by atoms with Crippen LogP contribution in [0.1, 0.15) is 32.1 Å². The Morgan fingerprint density at radius 1 is 1.19 bits per heavy atom. The SMILES string of the molecule is O=C1NCCCC1NC1CCN2CCCC12. The monoisotopic (exact) mass is 223 g/mol. The van der Waals surface area contributed by atoms with E-state index in [-0.39, 0.29) is 11.9 Å². The average Bonchev–Trinajstić information content (AvgIpc) is 2.86. The van der Waals surface area contributed by atoms with Gasteiger partial charge in [0.25, 0.3) is 0 Å². The number of fused-ring (bicyclic) bond motifs is 1. The van der Waals surface area contributed by atoms with Crippen LogP contribution in [0.15, 0.2) is 0 Å². The van der Waals surface area contributed by atoms with Crippen molar-refractivity contribution < 1.29 is 4.79 Å². The van der Waals surface area contributed by atoms with Gasteiger partial charge in [-0.3, -0.25) is 9.69 Å². The van der Waals surface area contributed by atoms with Gasteiger partial charge in [-0.15, -0.1) is 0 Å².